The first-order valence-corrected chi connectivity index (χ1v) is 9.29. The summed E-state index contributed by atoms with van der Waals surface area (Å²) in [6.45, 7) is 3.13. The van der Waals surface area contributed by atoms with Crippen LogP contribution in [-0.4, -0.2) is 49.2 Å². The molecule has 5 nitrogen and oxygen atoms in total. The number of benzene rings is 2. The molecule has 2 aromatic carbocycles. The van der Waals surface area contributed by atoms with Crippen LogP contribution in [0.4, 0.5) is 5.69 Å². The van der Waals surface area contributed by atoms with E-state index < -0.39 is 0 Å². The van der Waals surface area contributed by atoms with Gasteiger partial charge in [-0.05, 0) is 36.0 Å². The van der Waals surface area contributed by atoms with Crippen molar-refractivity contribution in [1.29, 1.82) is 0 Å². The molecule has 0 bridgehead atoms. The van der Waals surface area contributed by atoms with Gasteiger partial charge in [0.1, 0.15) is 5.75 Å². The summed E-state index contributed by atoms with van der Waals surface area (Å²) in [5, 5.41) is 3.26. The number of nitrogens with zero attached hydrogens (tertiary/aromatic N) is 2. The van der Waals surface area contributed by atoms with E-state index in [0.717, 1.165) is 43.2 Å². The van der Waals surface area contributed by atoms with Gasteiger partial charge < -0.3 is 14.5 Å². The SMILES string of the molecule is COc1ccccc1N1CCN(C(=S)NC(=O)C=Cc2ccccc2)CC1. The van der Waals surface area contributed by atoms with Gasteiger partial charge in [-0.25, -0.2) is 0 Å². The molecule has 0 radical (unpaired) electrons. The molecule has 0 unspecified atom stereocenters. The van der Waals surface area contributed by atoms with E-state index >= 15 is 0 Å². The van der Waals surface area contributed by atoms with Gasteiger partial charge in [0.25, 0.3) is 0 Å². The molecule has 1 aliphatic rings. The van der Waals surface area contributed by atoms with Crippen molar-refractivity contribution in [2.45, 2.75) is 0 Å². The molecule has 0 spiro atoms. The van der Waals surface area contributed by atoms with Crippen LogP contribution in [0.25, 0.3) is 6.08 Å². The number of carbonyl (C=O) groups excluding carboxylic acids is 1. The first kappa shape index (κ1) is 18.9. The average Bonchev–Trinajstić information content (AvgIpc) is 2.73. The number of ether oxygens (including phenoxy) is 1. The Morgan fingerprint density at radius 2 is 1.70 bits per heavy atom. The second-order valence-corrected chi connectivity index (χ2v) is 6.57. The third kappa shape index (κ3) is 5.08. The van der Waals surface area contributed by atoms with Crippen molar-refractivity contribution in [3.05, 3.63) is 66.2 Å². The van der Waals surface area contributed by atoms with E-state index in [1.807, 2.05) is 53.4 Å². The first-order chi connectivity index (χ1) is 13.2. The molecule has 1 fully saturated rings. The lowest BCUT2D eigenvalue weighted by Crippen LogP contribution is -2.52. The summed E-state index contributed by atoms with van der Waals surface area (Å²) in [5.41, 5.74) is 2.06. The highest BCUT2D eigenvalue weighted by Gasteiger charge is 2.21. The molecule has 1 heterocycles. The third-order valence-corrected chi connectivity index (χ3v) is 4.81. The van der Waals surface area contributed by atoms with E-state index in [9.17, 15) is 4.79 Å². The molecule has 0 aromatic heterocycles. The van der Waals surface area contributed by atoms with Gasteiger partial charge in [0, 0.05) is 32.3 Å². The zero-order valence-corrected chi connectivity index (χ0v) is 16.1. The van der Waals surface area contributed by atoms with Crippen LogP contribution in [0.15, 0.2) is 60.7 Å². The van der Waals surface area contributed by atoms with Crippen molar-refractivity contribution < 1.29 is 9.53 Å². The Morgan fingerprint density at radius 1 is 1.04 bits per heavy atom. The molecule has 1 saturated heterocycles. The molecule has 140 valence electrons. The van der Waals surface area contributed by atoms with Gasteiger partial charge in [-0.3, -0.25) is 10.1 Å². The Bertz CT molecular complexity index is 815. The van der Waals surface area contributed by atoms with Gasteiger partial charge in [-0.1, -0.05) is 42.5 Å². The van der Waals surface area contributed by atoms with Crippen molar-refractivity contribution in [2.24, 2.45) is 0 Å². The number of rotatable bonds is 4. The molecular weight excluding hydrogens is 358 g/mol. The highest BCUT2D eigenvalue weighted by Crippen LogP contribution is 2.28. The molecule has 0 saturated carbocycles. The zero-order valence-electron chi connectivity index (χ0n) is 15.3. The summed E-state index contributed by atoms with van der Waals surface area (Å²) in [6, 6.07) is 17.7. The lowest BCUT2D eigenvalue weighted by molar-refractivity contribution is -0.115. The zero-order chi connectivity index (χ0) is 19.1. The minimum Gasteiger partial charge on any atom is -0.495 e. The van der Waals surface area contributed by atoms with Gasteiger partial charge in [-0.2, -0.15) is 0 Å². The fraction of sp³-hybridized carbons (Fsp3) is 0.238. The van der Waals surface area contributed by atoms with Crippen molar-refractivity contribution in [3.8, 4) is 5.75 Å². The van der Waals surface area contributed by atoms with Gasteiger partial charge >= 0.3 is 0 Å². The van der Waals surface area contributed by atoms with E-state index in [1.165, 1.54) is 6.08 Å². The standard InChI is InChI=1S/C21H23N3O2S/c1-26-19-10-6-5-9-18(19)23-13-15-24(16-14-23)21(27)22-20(25)12-11-17-7-3-2-4-8-17/h2-12H,13-16H2,1H3,(H,22,25,27). The molecule has 27 heavy (non-hydrogen) atoms. The predicted molar refractivity (Wildman–Crippen MR) is 113 cm³/mol. The maximum absolute atomic E-state index is 12.1. The van der Waals surface area contributed by atoms with Crippen molar-refractivity contribution in [1.82, 2.24) is 10.2 Å². The number of hydrogen-bond donors (Lipinski definition) is 1. The number of thiocarbonyl (C=S) groups is 1. The van der Waals surface area contributed by atoms with Crippen LogP contribution >= 0.6 is 12.2 Å². The molecule has 0 aliphatic carbocycles. The Kier molecular flexibility index (Phi) is 6.44. The Labute approximate surface area is 165 Å². The summed E-state index contributed by atoms with van der Waals surface area (Å²) in [4.78, 5) is 16.4. The van der Waals surface area contributed by atoms with Crippen LogP contribution in [0, 0.1) is 0 Å². The lowest BCUT2D eigenvalue weighted by atomic mass is 10.2. The number of hydrogen-bond acceptors (Lipinski definition) is 4. The average molecular weight is 382 g/mol. The number of carbonyl (C=O) groups is 1. The molecule has 2 aromatic rings. The second-order valence-electron chi connectivity index (χ2n) is 6.18. The van der Waals surface area contributed by atoms with E-state index in [2.05, 4.69) is 16.3 Å². The van der Waals surface area contributed by atoms with E-state index in [0.29, 0.717) is 5.11 Å². The van der Waals surface area contributed by atoms with Crippen LogP contribution in [0.3, 0.4) is 0 Å². The van der Waals surface area contributed by atoms with Gasteiger partial charge in [0.15, 0.2) is 5.11 Å². The molecule has 0 atom stereocenters. The van der Waals surface area contributed by atoms with E-state index in [1.54, 1.807) is 13.2 Å². The van der Waals surface area contributed by atoms with Crippen LogP contribution in [0.2, 0.25) is 0 Å². The lowest BCUT2D eigenvalue weighted by Gasteiger charge is -2.37. The highest BCUT2D eigenvalue weighted by molar-refractivity contribution is 7.80. The van der Waals surface area contributed by atoms with Crippen LogP contribution < -0.4 is 15.0 Å². The summed E-state index contributed by atoms with van der Waals surface area (Å²) in [6.07, 6.45) is 3.28. The number of amides is 1. The number of methoxy groups -OCH3 is 1. The van der Waals surface area contributed by atoms with Gasteiger partial charge in [0.05, 0.1) is 12.8 Å². The van der Waals surface area contributed by atoms with Crippen LogP contribution in [0.5, 0.6) is 5.75 Å². The van der Waals surface area contributed by atoms with Crippen LogP contribution in [0.1, 0.15) is 5.56 Å². The summed E-state index contributed by atoms with van der Waals surface area (Å²) < 4.78 is 5.44. The van der Waals surface area contributed by atoms with E-state index in [4.69, 9.17) is 17.0 Å². The largest absolute Gasteiger partial charge is 0.495 e. The molecule has 1 N–H and O–H groups in total. The second kappa shape index (κ2) is 9.19. The fourth-order valence-corrected chi connectivity index (χ4v) is 3.29. The smallest absolute Gasteiger partial charge is 0.250 e. The number of anilines is 1. The fourth-order valence-electron chi connectivity index (χ4n) is 3.00. The molecule has 6 heteroatoms. The van der Waals surface area contributed by atoms with Gasteiger partial charge in [-0.15, -0.1) is 0 Å². The Morgan fingerprint density at radius 3 is 2.41 bits per heavy atom. The number of para-hydroxylation sites is 2. The molecular formula is C21H23N3O2S. The normalized spacial score (nSPS) is 14.3. The highest BCUT2D eigenvalue weighted by atomic mass is 32.1. The van der Waals surface area contributed by atoms with Crippen LogP contribution in [-0.2, 0) is 4.79 Å². The summed E-state index contributed by atoms with van der Waals surface area (Å²) >= 11 is 5.40. The minimum atomic E-state index is -0.212. The summed E-state index contributed by atoms with van der Waals surface area (Å²) in [7, 11) is 1.68. The van der Waals surface area contributed by atoms with Gasteiger partial charge in [0.2, 0.25) is 5.91 Å². The molecule has 1 aliphatic heterocycles. The van der Waals surface area contributed by atoms with Crippen molar-refractivity contribution in [2.75, 3.05) is 38.2 Å². The minimum absolute atomic E-state index is 0.212. The Hall–Kier alpha value is -2.86. The number of piperazine rings is 1. The maximum Gasteiger partial charge on any atom is 0.250 e. The first-order valence-electron chi connectivity index (χ1n) is 8.88. The quantitative estimate of drug-likeness (QED) is 0.652. The van der Waals surface area contributed by atoms with E-state index in [-0.39, 0.29) is 5.91 Å². The monoisotopic (exact) mass is 381 g/mol. The summed E-state index contributed by atoms with van der Waals surface area (Å²) in [5.74, 6) is 0.656. The molecule has 1 amide bonds. The topological polar surface area (TPSA) is 44.8 Å². The maximum atomic E-state index is 12.1. The Balaban J connectivity index is 1.51. The van der Waals surface area contributed by atoms with Crippen molar-refractivity contribution in [3.63, 3.8) is 0 Å². The molecule has 3 rings (SSSR count). The predicted octanol–water partition coefficient (Wildman–Crippen LogP) is 2.93. The third-order valence-electron chi connectivity index (χ3n) is 4.45. The number of nitrogens with one attached hydrogen (secondary N) is 1. The van der Waals surface area contributed by atoms with Crippen molar-refractivity contribution >= 4 is 35.0 Å².